The molecule has 0 aromatic heterocycles. The van der Waals surface area contributed by atoms with Gasteiger partial charge in [0.05, 0.1) is 0 Å². The van der Waals surface area contributed by atoms with Crippen LogP contribution < -0.4 is 9.60 Å². The third-order valence-electron chi connectivity index (χ3n) is 0. The van der Waals surface area contributed by atoms with E-state index in [1.807, 2.05) is 0 Å². The summed E-state index contributed by atoms with van der Waals surface area (Å²) in [6, 6.07) is 0. The summed E-state index contributed by atoms with van der Waals surface area (Å²) in [5.74, 6) is 0. The fourth-order valence-electron chi connectivity index (χ4n) is 0. The predicted molar refractivity (Wildman–Crippen MR) is 17.8 cm³/mol. The standard InChI is InChI=1S/FH.H3O4P.Sr/c;1-5(2,3)4;/h1H;(H3,1,2,3,4);/q;;+2/p-2. The zero-order valence-corrected chi connectivity index (χ0v) is 7.61. The molecule has 0 amide bonds. The van der Waals surface area contributed by atoms with Gasteiger partial charge in [-0.25, -0.2) is 0 Å². The minimum Gasteiger partial charge on any atom is -1.00 e. The maximum absolute atomic E-state index is 8.77. The second kappa shape index (κ2) is 5.65. The van der Waals surface area contributed by atoms with Crippen LogP contribution in [0.2, 0.25) is 0 Å². The molecule has 0 aliphatic rings. The quantitative estimate of drug-likeness (QED) is 0.305. The number of rotatable bonds is 0. The van der Waals surface area contributed by atoms with Crippen LogP contribution >= 0.6 is 7.82 Å². The van der Waals surface area contributed by atoms with Gasteiger partial charge in [0.15, 0.2) is 0 Å². The molecular weight excluding hydrogens is 202 g/mol. The summed E-state index contributed by atoms with van der Waals surface area (Å²) in [6.07, 6.45) is 0. The third kappa shape index (κ3) is 99.1. The average Bonchev–Trinajstić information content (AvgIpc) is 0.722. The molecule has 0 aliphatic heterocycles. The third-order valence-corrected chi connectivity index (χ3v) is 0. The van der Waals surface area contributed by atoms with Gasteiger partial charge in [0.25, 0.3) is 7.82 Å². The van der Waals surface area contributed by atoms with Crippen molar-refractivity contribution in [2.75, 3.05) is 0 Å². The molecule has 0 radical (unpaired) electrons. The van der Waals surface area contributed by atoms with Crippen molar-refractivity contribution in [1.29, 1.82) is 0 Å². The molecule has 0 rings (SSSR count). The van der Waals surface area contributed by atoms with Gasteiger partial charge in [-0.3, -0.25) is 4.57 Å². The second-order valence-corrected chi connectivity index (χ2v) is 1.47. The Labute approximate surface area is 76.4 Å². The summed E-state index contributed by atoms with van der Waals surface area (Å²) < 4.78 is 8.77. The van der Waals surface area contributed by atoms with Crippen LogP contribution in [0.25, 0.3) is 0 Å². The summed E-state index contributed by atoms with van der Waals surface area (Å²) >= 11 is 0. The largest absolute Gasteiger partial charge is 2.00 e. The number of halogens is 1. The molecule has 0 saturated heterocycles. The Bertz CT molecular complexity index is 57.8. The molecule has 0 fully saturated rings. The van der Waals surface area contributed by atoms with Crippen molar-refractivity contribution in [1.82, 2.24) is 0 Å². The zero-order valence-electron chi connectivity index (χ0n) is 3.24. The van der Waals surface area contributed by atoms with Gasteiger partial charge in [-0.15, -0.1) is 0 Å². The van der Waals surface area contributed by atoms with Crippen molar-refractivity contribution in [3.63, 3.8) is 0 Å². The second-order valence-electron chi connectivity index (χ2n) is 0.491. The fourth-order valence-corrected chi connectivity index (χ4v) is 0. The van der Waals surface area contributed by atoms with Gasteiger partial charge in [0.2, 0.25) is 0 Å². The fraction of sp³-hybridized carbons (Fsp3) is 0. The Balaban J connectivity index is -0.0000000800. The van der Waals surface area contributed by atoms with Crippen LogP contribution in [-0.4, -0.2) is 55.3 Å². The molecule has 0 bridgehead atoms. The van der Waals surface area contributed by atoms with Crippen LogP contribution in [0.5, 0.6) is 0 Å². The first-order chi connectivity index (χ1) is 2.00. The van der Waals surface area contributed by atoms with E-state index < -0.39 is 7.82 Å². The summed E-state index contributed by atoms with van der Waals surface area (Å²) in [6.45, 7) is 0. The Morgan fingerprint density at radius 3 is 1.43 bits per heavy atom. The molecule has 7 heteroatoms. The SMILES string of the molecule is O=P([O-])(O)O.[F-].[Sr+2]. The van der Waals surface area contributed by atoms with Gasteiger partial charge in [0.1, 0.15) is 0 Å². The Morgan fingerprint density at radius 2 is 1.43 bits per heavy atom. The van der Waals surface area contributed by atoms with Crippen molar-refractivity contribution < 1.29 is 23.9 Å². The number of phosphoric acid groups is 1. The van der Waals surface area contributed by atoms with Gasteiger partial charge < -0.3 is 19.4 Å². The average molecular weight is 204 g/mol. The van der Waals surface area contributed by atoms with Crippen LogP contribution in [0.1, 0.15) is 0 Å². The monoisotopic (exact) mass is 204 g/mol. The van der Waals surface area contributed by atoms with E-state index in [0.717, 1.165) is 0 Å². The van der Waals surface area contributed by atoms with E-state index in [9.17, 15) is 0 Å². The predicted octanol–water partition coefficient (Wildman–Crippen LogP) is -4.94. The first-order valence-electron chi connectivity index (χ1n) is 0.765. The van der Waals surface area contributed by atoms with Crippen LogP contribution in [0, 0.1) is 0 Å². The Hall–Kier alpha value is 1.52. The van der Waals surface area contributed by atoms with Crippen molar-refractivity contribution in [2.45, 2.75) is 0 Å². The summed E-state index contributed by atoms with van der Waals surface area (Å²) in [7, 11) is -4.89. The molecule has 0 aliphatic carbocycles. The van der Waals surface area contributed by atoms with E-state index in [1.165, 1.54) is 0 Å². The maximum atomic E-state index is 8.77. The van der Waals surface area contributed by atoms with E-state index in [0.29, 0.717) is 0 Å². The molecule has 0 spiro atoms. The van der Waals surface area contributed by atoms with Gasteiger partial charge in [0, 0.05) is 0 Å². The normalized spacial score (nSPS) is 8.43. The summed E-state index contributed by atoms with van der Waals surface area (Å²) in [4.78, 5) is 22.9. The van der Waals surface area contributed by atoms with Crippen molar-refractivity contribution in [3.8, 4) is 0 Å². The molecule has 0 unspecified atom stereocenters. The van der Waals surface area contributed by atoms with Crippen molar-refractivity contribution >= 4 is 53.3 Å². The van der Waals surface area contributed by atoms with Gasteiger partial charge in [-0.2, -0.15) is 0 Å². The van der Waals surface area contributed by atoms with Gasteiger partial charge >= 0.3 is 45.5 Å². The van der Waals surface area contributed by atoms with E-state index in [2.05, 4.69) is 0 Å². The molecule has 0 atom stereocenters. The Kier molecular flexibility index (Phi) is 12.8. The van der Waals surface area contributed by atoms with Crippen molar-refractivity contribution in [2.24, 2.45) is 0 Å². The molecule has 4 nitrogen and oxygen atoms in total. The van der Waals surface area contributed by atoms with Gasteiger partial charge in [-0.05, 0) is 0 Å². The minimum absolute atomic E-state index is 0. The Morgan fingerprint density at radius 1 is 1.43 bits per heavy atom. The van der Waals surface area contributed by atoms with Crippen LogP contribution in [0.4, 0.5) is 0 Å². The molecule has 0 aromatic carbocycles. The molecule has 0 aromatic rings. The first kappa shape index (κ1) is 15.8. The smallest absolute Gasteiger partial charge is 1.00 e. The first-order valence-corrected chi connectivity index (χ1v) is 2.30. The molecular formula is H2FO4PSr. The molecule has 0 saturated carbocycles. The minimum atomic E-state index is -4.89. The van der Waals surface area contributed by atoms with E-state index in [1.54, 1.807) is 0 Å². The van der Waals surface area contributed by atoms with Gasteiger partial charge in [-0.1, -0.05) is 0 Å². The molecule has 2 N–H and O–H groups in total. The van der Waals surface area contributed by atoms with E-state index in [-0.39, 0.29) is 50.2 Å². The van der Waals surface area contributed by atoms with Crippen LogP contribution in [0.3, 0.4) is 0 Å². The molecule has 40 valence electrons. The van der Waals surface area contributed by atoms with Crippen LogP contribution in [0.15, 0.2) is 0 Å². The van der Waals surface area contributed by atoms with Crippen LogP contribution in [-0.2, 0) is 4.57 Å². The number of hydrogen-bond acceptors (Lipinski definition) is 2. The zero-order chi connectivity index (χ0) is 4.50. The van der Waals surface area contributed by atoms with E-state index in [4.69, 9.17) is 19.2 Å². The number of hydrogen-bond donors (Lipinski definition) is 2. The van der Waals surface area contributed by atoms with Crippen molar-refractivity contribution in [3.05, 3.63) is 0 Å². The van der Waals surface area contributed by atoms with E-state index >= 15 is 0 Å². The molecule has 0 heterocycles. The molecule has 7 heavy (non-hydrogen) atoms. The maximum Gasteiger partial charge on any atom is 2.00 e. The summed E-state index contributed by atoms with van der Waals surface area (Å²) in [5.41, 5.74) is 0. The summed E-state index contributed by atoms with van der Waals surface area (Å²) in [5, 5.41) is 0. The topological polar surface area (TPSA) is 80.6 Å².